The molecule has 0 bridgehead atoms. The number of phenols is 1. The number of anilines is 1. The van der Waals surface area contributed by atoms with Crippen molar-refractivity contribution in [2.45, 2.75) is 13.8 Å². The summed E-state index contributed by atoms with van der Waals surface area (Å²) < 4.78 is 5.32. The Balaban J connectivity index is 1.90. The van der Waals surface area contributed by atoms with Crippen LogP contribution in [0.25, 0.3) is 0 Å². The van der Waals surface area contributed by atoms with E-state index in [4.69, 9.17) is 27.9 Å². The number of nitrogens with one attached hydrogen (secondary N) is 1. The van der Waals surface area contributed by atoms with E-state index < -0.39 is 5.91 Å². The summed E-state index contributed by atoms with van der Waals surface area (Å²) in [5.41, 5.74) is 3.75. The van der Waals surface area contributed by atoms with Gasteiger partial charge in [-0.3, -0.25) is 4.79 Å². The van der Waals surface area contributed by atoms with Gasteiger partial charge in [0.05, 0.1) is 11.2 Å². The molecule has 0 heterocycles. The third-order valence-electron chi connectivity index (χ3n) is 3.79. The molecule has 0 saturated heterocycles. The Hall–Kier alpha value is -2.44. The summed E-state index contributed by atoms with van der Waals surface area (Å²) >= 11 is 11.8. The maximum absolute atomic E-state index is 11.8. The molecule has 0 aliphatic rings. The van der Waals surface area contributed by atoms with Crippen molar-refractivity contribution in [2.75, 3.05) is 24.6 Å². The van der Waals surface area contributed by atoms with Gasteiger partial charge in [-0.2, -0.15) is 5.10 Å². The second-order valence-corrected chi connectivity index (χ2v) is 6.42. The molecule has 144 valence electrons. The zero-order chi connectivity index (χ0) is 19.8. The van der Waals surface area contributed by atoms with Crippen LogP contribution in [-0.2, 0) is 4.79 Å². The van der Waals surface area contributed by atoms with Gasteiger partial charge in [0.1, 0.15) is 11.5 Å². The minimum absolute atomic E-state index is 0.0848. The molecule has 27 heavy (non-hydrogen) atoms. The van der Waals surface area contributed by atoms with Crippen LogP contribution in [0.2, 0.25) is 10.0 Å². The molecule has 2 aromatic carbocycles. The molecule has 0 aromatic heterocycles. The molecule has 0 aliphatic carbocycles. The summed E-state index contributed by atoms with van der Waals surface area (Å²) in [5.74, 6) is -0.0251. The van der Waals surface area contributed by atoms with Crippen molar-refractivity contribution in [2.24, 2.45) is 5.10 Å². The number of carbonyl (C=O) groups is 1. The quantitative estimate of drug-likeness (QED) is 0.508. The molecule has 0 spiro atoms. The number of carbonyl (C=O) groups excluding carboxylic acids is 1. The normalized spacial score (nSPS) is 10.8. The fourth-order valence-corrected chi connectivity index (χ4v) is 2.83. The van der Waals surface area contributed by atoms with Gasteiger partial charge in [0.15, 0.2) is 6.61 Å². The maximum atomic E-state index is 11.8. The second kappa shape index (κ2) is 10.0. The van der Waals surface area contributed by atoms with Crippen molar-refractivity contribution in [3.63, 3.8) is 0 Å². The summed E-state index contributed by atoms with van der Waals surface area (Å²) in [6.07, 6.45) is 1.37. The molecule has 2 N–H and O–H groups in total. The van der Waals surface area contributed by atoms with Crippen LogP contribution in [0.5, 0.6) is 11.5 Å². The van der Waals surface area contributed by atoms with Crippen LogP contribution in [-0.4, -0.2) is 36.9 Å². The van der Waals surface area contributed by atoms with Crippen molar-refractivity contribution in [1.29, 1.82) is 0 Å². The number of aromatic hydroxyl groups is 1. The maximum Gasteiger partial charge on any atom is 0.277 e. The van der Waals surface area contributed by atoms with Crippen molar-refractivity contribution >= 4 is 41.0 Å². The van der Waals surface area contributed by atoms with Gasteiger partial charge in [0, 0.05) is 35.4 Å². The molecule has 2 rings (SSSR count). The number of hydrogen-bond acceptors (Lipinski definition) is 5. The Kier molecular flexibility index (Phi) is 7.76. The van der Waals surface area contributed by atoms with E-state index in [9.17, 15) is 9.90 Å². The fraction of sp³-hybridized carbons (Fsp3) is 0.263. The van der Waals surface area contributed by atoms with E-state index in [1.165, 1.54) is 12.3 Å². The summed E-state index contributed by atoms with van der Waals surface area (Å²) in [5, 5.41) is 14.8. The molecule has 1 amide bonds. The lowest BCUT2D eigenvalue weighted by Gasteiger charge is -2.21. The minimum Gasteiger partial charge on any atom is -0.507 e. The minimum atomic E-state index is -0.462. The van der Waals surface area contributed by atoms with Gasteiger partial charge in [-0.15, -0.1) is 0 Å². The predicted molar refractivity (Wildman–Crippen MR) is 109 cm³/mol. The number of halogens is 2. The van der Waals surface area contributed by atoms with Crippen molar-refractivity contribution in [3.05, 3.63) is 52.0 Å². The highest BCUT2D eigenvalue weighted by atomic mass is 35.5. The lowest BCUT2D eigenvalue weighted by atomic mass is 10.2. The van der Waals surface area contributed by atoms with Gasteiger partial charge < -0.3 is 14.7 Å². The molecule has 0 fully saturated rings. The lowest BCUT2D eigenvalue weighted by Crippen LogP contribution is -2.24. The van der Waals surface area contributed by atoms with Crippen LogP contribution in [0.3, 0.4) is 0 Å². The molecular formula is C19H21Cl2N3O3. The zero-order valence-corrected chi connectivity index (χ0v) is 16.6. The van der Waals surface area contributed by atoms with Crippen LogP contribution in [0.1, 0.15) is 19.4 Å². The average molecular weight is 410 g/mol. The van der Waals surface area contributed by atoms with E-state index in [1.807, 2.05) is 19.9 Å². The summed E-state index contributed by atoms with van der Waals surface area (Å²) in [7, 11) is 0. The summed E-state index contributed by atoms with van der Waals surface area (Å²) in [6, 6.07) is 10.0. The Morgan fingerprint density at radius 3 is 2.59 bits per heavy atom. The molecule has 0 aliphatic heterocycles. The van der Waals surface area contributed by atoms with Gasteiger partial charge in [-0.05, 0) is 44.2 Å². The van der Waals surface area contributed by atoms with Crippen molar-refractivity contribution in [3.8, 4) is 11.5 Å². The van der Waals surface area contributed by atoms with Crippen molar-refractivity contribution in [1.82, 2.24) is 5.43 Å². The van der Waals surface area contributed by atoms with Crippen LogP contribution in [0, 0.1) is 0 Å². The molecule has 0 unspecified atom stereocenters. The Morgan fingerprint density at radius 2 is 1.96 bits per heavy atom. The standard InChI is InChI=1S/C19H21Cl2N3O3/c1-3-24(4-2)15-7-5-13(17(25)10-15)11-22-23-19(26)12-27-18-8-6-14(20)9-16(18)21/h5-11,25H,3-4,12H2,1-2H3,(H,23,26)/b22-11-. The van der Waals surface area contributed by atoms with E-state index in [1.54, 1.807) is 24.3 Å². The first kappa shape index (κ1) is 20.9. The van der Waals surface area contributed by atoms with E-state index in [0.717, 1.165) is 18.8 Å². The van der Waals surface area contributed by atoms with Gasteiger partial charge in [0.25, 0.3) is 5.91 Å². The van der Waals surface area contributed by atoms with Gasteiger partial charge >= 0.3 is 0 Å². The number of rotatable bonds is 8. The Morgan fingerprint density at radius 1 is 1.22 bits per heavy atom. The first-order valence-corrected chi connectivity index (χ1v) is 9.17. The van der Waals surface area contributed by atoms with Gasteiger partial charge in [-0.1, -0.05) is 23.2 Å². The van der Waals surface area contributed by atoms with Crippen LogP contribution < -0.4 is 15.1 Å². The average Bonchev–Trinajstić information content (AvgIpc) is 2.63. The second-order valence-electron chi connectivity index (χ2n) is 5.57. The van der Waals surface area contributed by atoms with Crippen LogP contribution in [0.4, 0.5) is 5.69 Å². The summed E-state index contributed by atoms with van der Waals surface area (Å²) in [6.45, 7) is 5.52. The fourth-order valence-electron chi connectivity index (χ4n) is 2.37. The molecular weight excluding hydrogens is 389 g/mol. The molecule has 2 aromatic rings. The topological polar surface area (TPSA) is 74.2 Å². The summed E-state index contributed by atoms with van der Waals surface area (Å²) in [4.78, 5) is 13.9. The molecule has 0 atom stereocenters. The van der Waals surface area contributed by atoms with Crippen molar-refractivity contribution < 1.29 is 14.6 Å². The molecule has 0 saturated carbocycles. The number of ether oxygens (including phenoxy) is 1. The third kappa shape index (κ3) is 6.05. The predicted octanol–water partition coefficient (Wildman–Crippen LogP) is 4.07. The van der Waals surface area contributed by atoms with Crippen LogP contribution >= 0.6 is 23.2 Å². The number of benzene rings is 2. The molecule has 6 nitrogen and oxygen atoms in total. The highest BCUT2D eigenvalue weighted by Crippen LogP contribution is 2.27. The first-order valence-electron chi connectivity index (χ1n) is 8.42. The largest absolute Gasteiger partial charge is 0.507 e. The number of hydrogen-bond donors (Lipinski definition) is 2. The molecule has 8 heteroatoms. The van der Waals surface area contributed by atoms with Gasteiger partial charge in [0.2, 0.25) is 0 Å². The zero-order valence-electron chi connectivity index (χ0n) is 15.1. The van der Waals surface area contributed by atoms with E-state index in [2.05, 4.69) is 15.4 Å². The Bertz CT molecular complexity index is 824. The van der Waals surface area contributed by atoms with E-state index in [0.29, 0.717) is 21.4 Å². The number of amides is 1. The number of hydrazone groups is 1. The lowest BCUT2D eigenvalue weighted by molar-refractivity contribution is -0.123. The highest BCUT2D eigenvalue weighted by molar-refractivity contribution is 6.35. The third-order valence-corrected chi connectivity index (χ3v) is 4.32. The highest BCUT2D eigenvalue weighted by Gasteiger charge is 2.07. The first-order chi connectivity index (χ1) is 12.9. The number of nitrogens with zero attached hydrogens (tertiary/aromatic N) is 2. The number of phenolic OH excluding ortho intramolecular Hbond substituents is 1. The monoisotopic (exact) mass is 409 g/mol. The SMILES string of the molecule is CCN(CC)c1ccc(/C=N\NC(=O)COc2ccc(Cl)cc2Cl)c(O)c1. The Labute approximate surface area is 168 Å². The van der Waals surface area contributed by atoms with Gasteiger partial charge in [-0.25, -0.2) is 5.43 Å². The molecule has 0 radical (unpaired) electrons. The van der Waals surface area contributed by atoms with E-state index >= 15 is 0 Å². The smallest absolute Gasteiger partial charge is 0.277 e. The van der Waals surface area contributed by atoms with E-state index in [-0.39, 0.29) is 12.4 Å². The van der Waals surface area contributed by atoms with Crippen LogP contribution in [0.15, 0.2) is 41.5 Å².